The van der Waals surface area contributed by atoms with Crippen LogP contribution in [0.2, 0.25) is 10.0 Å². The van der Waals surface area contributed by atoms with E-state index in [2.05, 4.69) is 4.98 Å². The van der Waals surface area contributed by atoms with Gasteiger partial charge in [-0.3, -0.25) is 9.59 Å². The molecule has 2 heterocycles. The molecular weight excluding hydrogens is 389 g/mol. The third kappa shape index (κ3) is 4.51. The Morgan fingerprint density at radius 3 is 2.15 bits per heavy atom. The van der Waals surface area contributed by atoms with Gasteiger partial charge in [-0.25, -0.2) is 4.98 Å². The number of hydrogen-bond donors (Lipinski definition) is 0. The van der Waals surface area contributed by atoms with Crippen molar-refractivity contribution in [3.63, 3.8) is 0 Å². The first kappa shape index (κ1) is 19.5. The summed E-state index contributed by atoms with van der Waals surface area (Å²) in [7, 11) is 0. The highest BCUT2D eigenvalue weighted by Gasteiger charge is 2.27. The highest BCUT2D eigenvalue weighted by atomic mass is 35.5. The molecule has 0 spiro atoms. The molecule has 1 fully saturated rings. The molecule has 0 unspecified atom stereocenters. The van der Waals surface area contributed by atoms with E-state index < -0.39 is 0 Å². The molecule has 6 nitrogen and oxygen atoms in total. The van der Waals surface area contributed by atoms with E-state index in [1.54, 1.807) is 46.2 Å². The Hall–Kier alpha value is -2.31. The molecular formula is C19H19Cl2N3O3. The molecule has 1 saturated heterocycles. The van der Waals surface area contributed by atoms with Crippen LogP contribution in [0.25, 0.3) is 0 Å². The summed E-state index contributed by atoms with van der Waals surface area (Å²) in [5.41, 5.74) is 0.744. The second-order valence-corrected chi connectivity index (χ2v) is 6.85. The summed E-state index contributed by atoms with van der Waals surface area (Å²) in [5.74, 6) is 0.0233. The highest BCUT2D eigenvalue weighted by molar-refractivity contribution is 6.33. The predicted octanol–water partition coefficient (Wildman–Crippen LogP) is 3.39. The number of carbonyl (C=O) groups is 2. The normalized spacial score (nSPS) is 14.2. The molecule has 3 rings (SSSR count). The maximum absolute atomic E-state index is 12.8. The molecule has 2 amide bonds. The summed E-state index contributed by atoms with van der Waals surface area (Å²) in [5, 5.41) is 0.865. The topological polar surface area (TPSA) is 62.7 Å². The number of amides is 2. The molecule has 8 heteroatoms. The third-order valence-corrected chi connectivity index (χ3v) is 4.82. The number of halogens is 2. The Bertz CT molecular complexity index is 835. The Labute approximate surface area is 167 Å². The number of benzene rings is 1. The first-order valence-electron chi connectivity index (χ1n) is 8.63. The van der Waals surface area contributed by atoms with Crippen molar-refractivity contribution in [3.8, 4) is 5.88 Å². The van der Waals surface area contributed by atoms with Gasteiger partial charge in [0.05, 0.1) is 11.6 Å². The van der Waals surface area contributed by atoms with Crippen LogP contribution in [0.5, 0.6) is 5.88 Å². The van der Waals surface area contributed by atoms with Crippen LogP contribution in [0.3, 0.4) is 0 Å². The van der Waals surface area contributed by atoms with Crippen molar-refractivity contribution in [3.05, 3.63) is 57.7 Å². The van der Waals surface area contributed by atoms with Gasteiger partial charge in [0.2, 0.25) is 5.88 Å². The van der Waals surface area contributed by atoms with Crippen LogP contribution in [-0.4, -0.2) is 59.4 Å². The number of carbonyl (C=O) groups excluding carboxylic acids is 2. The number of ether oxygens (including phenoxy) is 1. The zero-order chi connectivity index (χ0) is 19.4. The SMILES string of the molecule is CCOc1ccc(Cl)c(C(=O)N2CCN(C(=O)c3ccc(Cl)cc3)CC2)n1. The highest BCUT2D eigenvalue weighted by Crippen LogP contribution is 2.21. The molecule has 2 aromatic rings. The van der Waals surface area contributed by atoms with Gasteiger partial charge in [-0.2, -0.15) is 0 Å². The Balaban J connectivity index is 1.65. The largest absolute Gasteiger partial charge is 0.478 e. The zero-order valence-electron chi connectivity index (χ0n) is 14.8. The van der Waals surface area contributed by atoms with Crippen molar-refractivity contribution in [2.45, 2.75) is 6.92 Å². The minimum absolute atomic E-state index is 0.0757. The van der Waals surface area contributed by atoms with Gasteiger partial charge in [-0.1, -0.05) is 23.2 Å². The van der Waals surface area contributed by atoms with Crippen molar-refractivity contribution in [1.82, 2.24) is 14.8 Å². The molecule has 0 N–H and O–H groups in total. The van der Waals surface area contributed by atoms with Gasteiger partial charge in [-0.05, 0) is 37.3 Å². The van der Waals surface area contributed by atoms with Gasteiger partial charge >= 0.3 is 0 Å². The predicted molar refractivity (Wildman–Crippen MR) is 104 cm³/mol. The van der Waals surface area contributed by atoms with Gasteiger partial charge in [0.25, 0.3) is 11.8 Å². The molecule has 1 aliphatic rings. The fourth-order valence-electron chi connectivity index (χ4n) is 2.84. The minimum atomic E-state index is -0.264. The van der Waals surface area contributed by atoms with Crippen molar-refractivity contribution in [2.24, 2.45) is 0 Å². The number of hydrogen-bond acceptors (Lipinski definition) is 4. The van der Waals surface area contributed by atoms with Gasteiger partial charge in [0, 0.05) is 42.8 Å². The standard InChI is InChI=1S/C19H19Cl2N3O3/c1-2-27-16-8-7-15(21)17(22-16)19(26)24-11-9-23(10-12-24)18(25)13-3-5-14(20)6-4-13/h3-8H,2,9-12H2,1H3. The number of piperazine rings is 1. The average molecular weight is 408 g/mol. The number of pyridine rings is 1. The Morgan fingerprint density at radius 2 is 1.56 bits per heavy atom. The van der Waals surface area contributed by atoms with Gasteiger partial charge < -0.3 is 14.5 Å². The zero-order valence-corrected chi connectivity index (χ0v) is 16.3. The van der Waals surface area contributed by atoms with Crippen LogP contribution in [0.1, 0.15) is 27.8 Å². The minimum Gasteiger partial charge on any atom is -0.478 e. The summed E-state index contributed by atoms with van der Waals surface area (Å²) >= 11 is 12.0. The Kier molecular flexibility index (Phi) is 6.19. The molecule has 1 aliphatic heterocycles. The maximum atomic E-state index is 12.8. The quantitative estimate of drug-likeness (QED) is 0.778. The lowest BCUT2D eigenvalue weighted by Crippen LogP contribution is -2.50. The van der Waals surface area contributed by atoms with Crippen LogP contribution >= 0.6 is 23.2 Å². The second kappa shape index (κ2) is 8.59. The molecule has 0 atom stereocenters. The number of nitrogens with zero attached hydrogens (tertiary/aromatic N) is 3. The molecule has 1 aromatic carbocycles. The van der Waals surface area contributed by atoms with E-state index in [1.165, 1.54) is 0 Å². The maximum Gasteiger partial charge on any atom is 0.274 e. The summed E-state index contributed by atoms with van der Waals surface area (Å²) in [4.78, 5) is 32.9. The van der Waals surface area contributed by atoms with E-state index in [-0.39, 0.29) is 22.5 Å². The number of rotatable bonds is 4. The van der Waals surface area contributed by atoms with E-state index in [9.17, 15) is 9.59 Å². The second-order valence-electron chi connectivity index (χ2n) is 6.00. The van der Waals surface area contributed by atoms with E-state index in [4.69, 9.17) is 27.9 Å². The van der Waals surface area contributed by atoms with Crippen molar-refractivity contribution in [1.29, 1.82) is 0 Å². The fraction of sp³-hybridized carbons (Fsp3) is 0.316. The molecule has 1 aromatic heterocycles. The number of aromatic nitrogens is 1. The van der Waals surface area contributed by atoms with Crippen LogP contribution in [0, 0.1) is 0 Å². The lowest BCUT2D eigenvalue weighted by atomic mass is 10.1. The van der Waals surface area contributed by atoms with Crippen molar-refractivity contribution >= 4 is 35.0 Å². The molecule has 0 aliphatic carbocycles. The molecule has 0 bridgehead atoms. The monoisotopic (exact) mass is 407 g/mol. The smallest absolute Gasteiger partial charge is 0.274 e. The molecule has 27 heavy (non-hydrogen) atoms. The van der Waals surface area contributed by atoms with Gasteiger partial charge in [0.15, 0.2) is 5.69 Å². The molecule has 0 radical (unpaired) electrons. The van der Waals surface area contributed by atoms with Crippen LogP contribution in [-0.2, 0) is 0 Å². The van der Waals surface area contributed by atoms with Gasteiger partial charge in [0.1, 0.15) is 0 Å². The lowest BCUT2D eigenvalue weighted by Gasteiger charge is -2.34. The molecule has 142 valence electrons. The van der Waals surface area contributed by atoms with Crippen LogP contribution in [0.4, 0.5) is 0 Å². The lowest BCUT2D eigenvalue weighted by molar-refractivity contribution is 0.0532. The average Bonchev–Trinajstić information content (AvgIpc) is 2.69. The van der Waals surface area contributed by atoms with E-state index >= 15 is 0 Å². The third-order valence-electron chi connectivity index (χ3n) is 4.26. The van der Waals surface area contributed by atoms with E-state index in [0.29, 0.717) is 49.3 Å². The summed E-state index contributed by atoms with van der Waals surface area (Å²) in [6, 6.07) is 10.0. The first-order valence-corrected chi connectivity index (χ1v) is 9.38. The van der Waals surface area contributed by atoms with E-state index in [0.717, 1.165) is 0 Å². The molecule has 0 saturated carbocycles. The van der Waals surface area contributed by atoms with Crippen molar-refractivity contribution < 1.29 is 14.3 Å². The van der Waals surface area contributed by atoms with E-state index in [1.807, 2.05) is 6.92 Å². The summed E-state index contributed by atoms with van der Waals surface area (Å²) < 4.78 is 5.34. The Morgan fingerprint density at radius 1 is 0.963 bits per heavy atom. The van der Waals surface area contributed by atoms with Crippen LogP contribution < -0.4 is 4.74 Å². The van der Waals surface area contributed by atoms with Gasteiger partial charge in [-0.15, -0.1) is 0 Å². The first-order chi connectivity index (χ1) is 13.0. The fourth-order valence-corrected chi connectivity index (χ4v) is 3.15. The summed E-state index contributed by atoms with van der Waals surface area (Å²) in [6.45, 7) is 4.00. The van der Waals surface area contributed by atoms with Crippen LogP contribution in [0.15, 0.2) is 36.4 Å². The summed E-state index contributed by atoms with van der Waals surface area (Å²) in [6.07, 6.45) is 0. The van der Waals surface area contributed by atoms with Crippen molar-refractivity contribution in [2.75, 3.05) is 32.8 Å².